The van der Waals surface area contributed by atoms with Crippen LogP contribution in [0.15, 0.2) is 44.4 Å². The van der Waals surface area contributed by atoms with Crippen LogP contribution in [0, 0.1) is 0 Å². The summed E-state index contributed by atoms with van der Waals surface area (Å²) in [7, 11) is 0.482. The van der Waals surface area contributed by atoms with E-state index in [4.69, 9.17) is 0 Å². The second-order valence-corrected chi connectivity index (χ2v) is 8.97. The monoisotopic (exact) mass is 374 g/mol. The summed E-state index contributed by atoms with van der Waals surface area (Å²) >= 11 is 4.45. The maximum atomic E-state index is 12.1. The van der Waals surface area contributed by atoms with Crippen LogP contribution in [0.3, 0.4) is 0 Å². The third kappa shape index (κ3) is 4.05. The summed E-state index contributed by atoms with van der Waals surface area (Å²) in [6.45, 7) is 0.824. The smallest absolute Gasteiger partial charge is 0.271 e. The molecular weight excluding hydrogens is 360 g/mol. The maximum absolute atomic E-state index is 12.1. The zero-order valence-corrected chi connectivity index (χ0v) is 14.3. The van der Waals surface area contributed by atoms with E-state index in [2.05, 4.69) is 25.6 Å². The summed E-state index contributed by atoms with van der Waals surface area (Å²) < 4.78 is 28.0. The minimum atomic E-state index is -3.50. The van der Waals surface area contributed by atoms with Crippen molar-refractivity contribution < 1.29 is 8.42 Å². The molecule has 0 fully saturated rings. The van der Waals surface area contributed by atoms with Gasteiger partial charge in [-0.25, -0.2) is 8.42 Å². The van der Waals surface area contributed by atoms with Crippen LogP contribution in [0.1, 0.15) is 5.56 Å². The first-order chi connectivity index (χ1) is 9.37. The van der Waals surface area contributed by atoms with Crippen molar-refractivity contribution in [3.63, 3.8) is 0 Å². The standard InChI is InChI=1S/C13H15BrN2O2S2/c1-16(2)9-10-3-5-11(6-4-10)15-20(17,18)13-8-7-12(14)19-13/h3-8,15H,9H2,1-2H3. The number of anilines is 1. The van der Waals surface area contributed by atoms with E-state index >= 15 is 0 Å². The van der Waals surface area contributed by atoms with Gasteiger partial charge in [-0.15, -0.1) is 11.3 Å². The molecule has 7 heteroatoms. The molecule has 0 spiro atoms. The first-order valence-electron chi connectivity index (χ1n) is 5.89. The molecule has 0 atom stereocenters. The Kier molecular flexibility index (Phi) is 4.85. The van der Waals surface area contributed by atoms with E-state index in [1.165, 1.54) is 11.3 Å². The van der Waals surface area contributed by atoms with Crippen LogP contribution in [-0.2, 0) is 16.6 Å². The molecule has 0 aliphatic rings. The van der Waals surface area contributed by atoms with Gasteiger partial charge in [0.1, 0.15) is 4.21 Å². The SMILES string of the molecule is CN(C)Cc1ccc(NS(=O)(=O)c2ccc(Br)s2)cc1. The average Bonchev–Trinajstić information content (AvgIpc) is 2.78. The molecule has 0 amide bonds. The molecule has 4 nitrogen and oxygen atoms in total. The van der Waals surface area contributed by atoms with Crippen LogP contribution in [0.4, 0.5) is 5.69 Å². The Morgan fingerprint density at radius 2 is 1.80 bits per heavy atom. The number of hydrogen-bond donors (Lipinski definition) is 1. The van der Waals surface area contributed by atoms with Gasteiger partial charge in [0, 0.05) is 12.2 Å². The predicted octanol–water partition coefficient (Wildman–Crippen LogP) is 3.37. The molecule has 0 aliphatic carbocycles. The Bertz CT molecular complexity index is 679. The number of thiophene rings is 1. The zero-order valence-electron chi connectivity index (χ0n) is 11.1. The molecule has 0 unspecified atom stereocenters. The lowest BCUT2D eigenvalue weighted by molar-refractivity contribution is 0.402. The molecule has 108 valence electrons. The van der Waals surface area contributed by atoms with Crippen molar-refractivity contribution in [3.05, 3.63) is 45.7 Å². The van der Waals surface area contributed by atoms with Crippen molar-refractivity contribution in [1.82, 2.24) is 4.90 Å². The topological polar surface area (TPSA) is 49.4 Å². The summed E-state index contributed by atoms with van der Waals surface area (Å²) in [6.07, 6.45) is 0. The summed E-state index contributed by atoms with van der Waals surface area (Å²) in [5.41, 5.74) is 1.70. The lowest BCUT2D eigenvalue weighted by atomic mass is 10.2. The van der Waals surface area contributed by atoms with Gasteiger partial charge < -0.3 is 4.90 Å². The number of rotatable bonds is 5. The second-order valence-electron chi connectivity index (χ2n) is 4.60. The molecule has 1 N–H and O–H groups in total. The number of halogens is 1. The number of benzene rings is 1. The maximum Gasteiger partial charge on any atom is 0.271 e. The number of sulfonamides is 1. The van der Waals surface area contributed by atoms with Crippen molar-refractivity contribution in [2.75, 3.05) is 18.8 Å². The van der Waals surface area contributed by atoms with Gasteiger partial charge in [0.25, 0.3) is 10.0 Å². The lowest BCUT2D eigenvalue weighted by Gasteiger charge is -2.11. The lowest BCUT2D eigenvalue weighted by Crippen LogP contribution is -2.12. The minimum Gasteiger partial charge on any atom is -0.305 e. The van der Waals surface area contributed by atoms with Gasteiger partial charge in [-0.05, 0) is 59.9 Å². The van der Waals surface area contributed by atoms with Crippen LogP contribution in [0.25, 0.3) is 0 Å². The molecule has 0 radical (unpaired) electrons. The van der Waals surface area contributed by atoms with Crippen molar-refractivity contribution in [2.45, 2.75) is 10.8 Å². The molecule has 0 bridgehead atoms. The van der Waals surface area contributed by atoms with Crippen molar-refractivity contribution >= 4 is 43.0 Å². The Morgan fingerprint density at radius 1 is 1.15 bits per heavy atom. The van der Waals surface area contributed by atoms with Gasteiger partial charge in [-0.1, -0.05) is 12.1 Å². The van der Waals surface area contributed by atoms with Crippen LogP contribution in [0.5, 0.6) is 0 Å². The molecule has 2 aromatic rings. The summed E-state index contributed by atoms with van der Waals surface area (Å²) in [6, 6.07) is 10.7. The van der Waals surface area contributed by atoms with Gasteiger partial charge in [0.2, 0.25) is 0 Å². The van der Waals surface area contributed by atoms with E-state index in [1.807, 2.05) is 26.2 Å². The highest BCUT2D eigenvalue weighted by Gasteiger charge is 2.16. The van der Waals surface area contributed by atoms with E-state index in [-0.39, 0.29) is 0 Å². The molecule has 0 saturated carbocycles. The highest BCUT2D eigenvalue weighted by atomic mass is 79.9. The summed E-state index contributed by atoms with van der Waals surface area (Å²) in [5.74, 6) is 0. The van der Waals surface area contributed by atoms with Gasteiger partial charge in [0.05, 0.1) is 3.79 Å². The van der Waals surface area contributed by atoms with E-state index in [1.54, 1.807) is 24.3 Å². The third-order valence-corrected chi connectivity index (χ3v) is 6.02. The fraction of sp³-hybridized carbons (Fsp3) is 0.231. The largest absolute Gasteiger partial charge is 0.305 e. The van der Waals surface area contributed by atoms with E-state index in [0.717, 1.165) is 15.9 Å². The summed E-state index contributed by atoms with van der Waals surface area (Å²) in [4.78, 5) is 2.06. The number of nitrogens with one attached hydrogen (secondary N) is 1. The number of nitrogens with zero attached hydrogens (tertiary/aromatic N) is 1. The number of hydrogen-bond acceptors (Lipinski definition) is 4. The normalized spacial score (nSPS) is 11.8. The third-order valence-electron chi connectivity index (χ3n) is 2.52. The van der Waals surface area contributed by atoms with Crippen LogP contribution in [-0.4, -0.2) is 27.4 Å². The summed E-state index contributed by atoms with van der Waals surface area (Å²) in [5, 5.41) is 0. The molecular formula is C13H15BrN2O2S2. The van der Waals surface area contributed by atoms with E-state index < -0.39 is 10.0 Å². The Labute approximate surface area is 131 Å². The quantitative estimate of drug-likeness (QED) is 0.872. The zero-order chi connectivity index (χ0) is 14.8. The fourth-order valence-electron chi connectivity index (χ4n) is 1.69. The molecule has 1 aromatic carbocycles. The fourth-order valence-corrected chi connectivity index (χ4v) is 4.76. The van der Waals surface area contributed by atoms with Gasteiger partial charge in [0.15, 0.2) is 0 Å². The highest BCUT2D eigenvalue weighted by molar-refractivity contribution is 9.11. The molecule has 1 aromatic heterocycles. The van der Waals surface area contributed by atoms with E-state index in [0.29, 0.717) is 9.90 Å². The molecule has 2 rings (SSSR count). The van der Waals surface area contributed by atoms with Crippen LogP contribution >= 0.6 is 27.3 Å². The molecule has 1 heterocycles. The van der Waals surface area contributed by atoms with Gasteiger partial charge >= 0.3 is 0 Å². The second kappa shape index (κ2) is 6.26. The van der Waals surface area contributed by atoms with Crippen molar-refractivity contribution in [3.8, 4) is 0 Å². The molecule has 0 saturated heterocycles. The van der Waals surface area contributed by atoms with Crippen molar-refractivity contribution in [2.24, 2.45) is 0 Å². The predicted molar refractivity (Wildman–Crippen MR) is 86.7 cm³/mol. The average molecular weight is 375 g/mol. The van der Waals surface area contributed by atoms with Crippen LogP contribution in [0.2, 0.25) is 0 Å². The Morgan fingerprint density at radius 3 is 2.30 bits per heavy atom. The Hall–Kier alpha value is -0.890. The highest BCUT2D eigenvalue weighted by Crippen LogP contribution is 2.27. The van der Waals surface area contributed by atoms with Gasteiger partial charge in [-0.2, -0.15) is 0 Å². The first-order valence-corrected chi connectivity index (χ1v) is 8.98. The van der Waals surface area contributed by atoms with Crippen molar-refractivity contribution in [1.29, 1.82) is 0 Å². The Balaban J connectivity index is 2.13. The molecule has 20 heavy (non-hydrogen) atoms. The minimum absolute atomic E-state index is 0.293. The first kappa shape index (κ1) is 15.5. The molecule has 0 aliphatic heterocycles. The van der Waals surface area contributed by atoms with Gasteiger partial charge in [-0.3, -0.25) is 4.72 Å². The van der Waals surface area contributed by atoms with E-state index in [9.17, 15) is 8.42 Å². The van der Waals surface area contributed by atoms with Crippen LogP contribution < -0.4 is 4.72 Å².